The van der Waals surface area contributed by atoms with E-state index in [1.807, 2.05) is 4.90 Å². The Labute approximate surface area is 106 Å². The second-order valence-electron chi connectivity index (χ2n) is 4.56. The van der Waals surface area contributed by atoms with Gasteiger partial charge in [-0.05, 0) is 30.9 Å². The minimum absolute atomic E-state index is 0.124. The Morgan fingerprint density at radius 2 is 2.11 bits per heavy atom. The van der Waals surface area contributed by atoms with Crippen molar-refractivity contribution in [2.24, 2.45) is 0 Å². The molecule has 0 atom stereocenters. The fourth-order valence-corrected chi connectivity index (χ4v) is 2.12. The summed E-state index contributed by atoms with van der Waals surface area (Å²) >= 11 is 0. The number of carbonyl (C=O) groups is 1. The van der Waals surface area contributed by atoms with E-state index in [-0.39, 0.29) is 11.7 Å². The fourth-order valence-electron chi connectivity index (χ4n) is 2.12. The molecule has 2 heterocycles. The molecule has 0 bridgehead atoms. The molecule has 1 aliphatic rings. The highest BCUT2D eigenvalue weighted by Crippen LogP contribution is 2.08. The first-order chi connectivity index (χ1) is 8.75. The first-order valence-corrected chi connectivity index (χ1v) is 6.33. The van der Waals surface area contributed by atoms with E-state index in [0.29, 0.717) is 13.1 Å². The number of carbonyl (C=O) groups excluding carboxylic acids is 1. The molecule has 0 saturated carbocycles. The molecule has 5 heteroatoms. The molecule has 1 N–H and O–H groups in total. The number of nitrogens with one attached hydrogen (secondary N) is 1. The van der Waals surface area contributed by atoms with Gasteiger partial charge in [0.05, 0.1) is 12.7 Å². The Kier molecular flexibility index (Phi) is 4.64. The van der Waals surface area contributed by atoms with Crippen molar-refractivity contribution < 1.29 is 9.18 Å². The first kappa shape index (κ1) is 13.0. The number of amides is 1. The van der Waals surface area contributed by atoms with Crippen LogP contribution in [0.5, 0.6) is 0 Å². The SMILES string of the molecule is O=C(CNCc1cncc(F)c1)N1CCCCC1. The third-order valence-electron chi connectivity index (χ3n) is 3.08. The van der Waals surface area contributed by atoms with E-state index in [1.165, 1.54) is 18.7 Å². The van der Waals surface area contributed by atoms with Crippen molar-refractivity contribution in [3.63, 3.8) is 0 Å². The lowest BCUT2D eigenvalue weighted by Gasteiger charge is -2.26. The number of aromatic nitrogens is 1. The summed E-state index contributed by atoms with van der Waals surface area (Å²) in [6.07, 6.45) is 6.18. The average molecular weight is 251 g/mol. The predicted octanol–water partition coefficient (Wildman–Crippen LogP) is 1.32. The molecule has 4 nitrogen and oxygen atoms in total. The van der Waals surface area contributed by atoms with Gasteiger partial charge in [0.2, 0.25) is 5.91 Å². The second kappa shape index (κ2) is 6.44. The smallest absolute Gasteiger partial charge is 0.236 e. The van der Waals surface area contributed by atoms with Crippen LogP contribution in [0.1, 0.15) is 24.8 Å². The van der Waals surface area contributed by atoms with Crippen molar-refractivity contribution in [2.75, 3.05) is 19.6 Å². The van der Waals surface area contributed by atoms with Crippen LogP contribution in [0.2, 0.25) is 0 Å². The summed E-state index contributed by atoms with van der Waals surface area (Å²) in [4.78, 5) is 17.5. The van der Waals surface area contributed by atoms with Crippen molar-refractivity contribution in [1.29, 1.82) is 0 Å². The zero-order valence-electron chi connectivity index (χ0n) is 10.4. The summed E-state index contributed by atoms with van der Waals surface area (Å²) in [5, 5.41) is 3.03. The maximum Gasteiger partial charge on any atom is 0.236 e. The van der Waals surface area contributed by atoms with Crippen molar-refractivity contribution in [2.45, 2.75) is 25.8 Å². The number of rotatable bonds is 4. The van der Waals surface area contributed by atoms with Crippen molar-refractivity contribution in [3.05, 3.63) is 29.8 Å². The Balaban J connectivity index is 1.73. The van der Waals surface area contributed by atoms with Gasteiger partial charge in [-0.2, -0.15) is 0 Å². The van der Waals surface area contributed by atoms with Crippen LogP contribution < -0.4 is 5.32 Å². The molecule has 0 aliphatic carbocycles. The lowest BCUT2D eigenvalue weighted by molar-refractivity contribution is -0.131. The quantitative estimate of drug-likeness (QED) is 0.878. The number of pyridine rings is 1. The molecule has 98 valence electrons. The molecule has 0 spiro atoms. The molecular formula is C13H18FN3O. The van der Waals surface area contributed by atoms with Gasteiger partial charge in [0.15, 0.2) is 0 Å². The molecule has 0 aromatic carbocycles. The van der Waals surface area contributed by atoms with Gasteiger partial charge in [-0.1, -0.05) is 0 Å². The van der Waals surface area contributed by atoms with E-state index in [4.69, 9.17) is 0 Å². The highest BCUT2D eigenvalue weighted by molar-refractivity contribution is 5.78. The fraction of sp³-hybridized carbons (Fsp3) is 0.538. The van der Waals surface area contributed by atoms with Crippen LogP contribution in [0.15, 0.2) is 18.5 Å². The number of nitrogens with zero attached hydrogens (tertiary/aromatic N) is 2. The Morgan fingerprint density at radius 1 is 1.33 bits per heavy atom. The first-order valence-electron chi connectivity index (χ1n) is 6.33. The molecule has 1 aliphatic heterocycles. The second-order valence-corrected chi connectivity index (χ2v) is 4.56. The topological polar surface area (TPSA) is 45.2 Å². The van der Waals surface area contributed by atoms with Gasteiger partial charge in [-0.15, -0.1) is 0 Å². The largest absolute Gasteiger partial charge is 0.342 e. The van der Waals surface area contributed by atoms with Crippen molar-refractivity contribution >= 4 is 5.91 Å². The highest BCUT2D eigenvalue weighted by atomic mass is 19.1. The third-order valence-corrected chi connectivity index (χ3v) is 3.08. The molecule has 0 radical (unpaired) electrons. The van der Waals surface area contributed by atoms with Crippen LogP contribution in [0, 0.1) is 5.82 Å². The van der Waals surface area contributed by atoms with Gasteiger partial charge in [-0.25, -0.2) is 4.39 Å². The lowest BCUT2D eigenvalue weighted by atomic mass is 10.1. The molecule has 18 heavy (non-hydrogen) atoms. The van der Waals surface area contributed by atoms with Gasteiger partial charge in [0.1, 0.15) is 5.82 Å². The standard InChI is InChI=1S/C13H18FN3O/c14-12-6-11(7-15-9-12)8-16-10-13(18)17-4-2-1-3-5-17/h6-7,9,16H,1-5,8,10H2. The molecule has 1 saturated heterocycles. The number of hydrogen-bond acceptors (Lipinski definition) is 3. The van der Waals surface area contributed by atoms with Crippen LogP contribution in [0.4, 0.5) is 4.39 Å². The molecule has 1 aromatic rings. The number of halogens is 1. The summed E-state index contributed by atoms with van der Waals surface area (Å²) < 4.78 is 12.9. The van der Waals surface area contributed by atoms with Gasteiger partial charge in [0, 0.05) is 25.8 Å². The van der Waals surface area contributed by atoms with Gasteiger partial charge in [0.25, 0.3) is 0 Å². The van der Waals surface area contributed by atoms with Crippen LogP contribution in [-0.2, 0) is 11.3 Å². The minimum Gasteiger partial charge on any atom is -0.342 e. The summed E-state index contributed by atoms with van der Waals surface area (Å²) in [5.41, 5.74) is 0.751. The molecule has 0 unspecified atom stereocenters. The Morgan fingerprint density at radius 3 is 2.83 bits per heavy atom. The zero-order chi connectivity index (χ0) is 12.8. The van der Waals surface area contributed by atoms with E-state index in [9.17, 15) is 9.18 Å². The third kappa shape index (κ3) is 3.77. The summed E-state index contributed by atoms with van der Waals surface area (Å²) in [6, 6.07) is 1.42. The number of piperidine rings is 1. The zero-order valence-corrected chi connectivity index (χ0v) is 10.4. The summed E-state index contributed by atoms with van der Waals surface area (Å²) in [7, 11) is 0. The predicted molar refractivity (Wildman–Crippen MR) is 66.3 cm³/mol. The van der Waals surface area contributed by atoms with Crippen molar-refractivity contribution in [1.82, 2.24) is 15.2 Å². The summed E-state index contributed by atoms with van der Waals surface area (Å²) in [6.45, 7) is 2.49. The minimum atomic E-state index is -0.350. The molecule has 1 fully saturated rings. The molecule has 2 rings (SSSR count). The monoisotopic (exact) mass is 251 g/mol. The Bertz CT molecular complexity index is 405. The number of hydrogen-bond donors (Lipinski definition) is 1. The lowest BCUT2D eigenvalue weighted by Crippen LogP contribution is -2.40. The van der Waals surface area contributed by atoms with E-state index < -0.39 is 0 Å². The van der Waals surface area contributed by atoms with Crippen LogP contribution in [0.3, 0.4) is 0 Å². The van der Waals surface area contributed by atoms with E-state index in [2.05, 4.69) is 10.3 Å². The maximum absolute atomic E-state index is 12.9. The van der Waals surface area contributed by atoms with E-state index in [0.717, 1.165) is 31.5 Å². The van der Waals surface area contributed by atoms with E-state index >= 15 is 0 Å². The van der Waals surface area contributed by atoms with Gasteiger partial charge in [-0.3, -0.25) is 9.78 Å². The van der Waals surface area contributed by atoms with Gasteiger partial charge >= 0.3 is 0 Å². The van der Waals surface area contributed by atoms with Crippen molar-refractivity contribution in [3.8, 4) is 0 Å². The van der Waals surface area contributed by atoms with Crippen LogP contribution in [-0.4, -0.2) is 35.4 Å². The van der Waals surface area contributed by atoms with Gasteiger partial charge < -0.3 is 10.2 Å². The van der Waals surface area contributed by atoms with Crippen LogP contribution in [0.25, 0.3) is 0 Å². The van der Waals surface area contributed by atoms with E-state index in [1.54, 1.807) is 6.20 Å². The summed E-state index contributed by atoms with van der Waals surface area (Å²) in [5.74, 6) is -0.226. The maximum atomic E-state index is 12.9. The average Bonchev–Trinajstić information content (AvgIpc) is 2.40. The Hall–Kier alpha value is -1.49. The molecular weight excluding hydrogens is 233 g/mol. The molecule has 1 amide bonds. The molecule has 1 aromatic heterocycles. The normalized spacial score (nSPS) is 15.7. The highest BCUT2D eigenvalue weighted by Gasteiger charge is 2.15. The number of likely N-dealkylation sites (tertiary alicyclic amines) is 1. The van der Waals surface area contributed by atoms with Crippen LogP contribution >= 0.6 is 0 Å².